The molecule has 1 aliphatic rings. The molecule has 0 aromatic rings. The van der Waals surface area contributed by atoms with E-state index in [4.69, 9.17) is 0 Å². The van der Waals surface area contributed by atoms with E-state index in [-0.39, 0.29) is 5.92 Å². The minimum atomic E-state index is -4.26. The van der Waals surface area contributed by atoms with E-state index in [0.29, 0.717) is 0 Å². The Morgan fingerprint density at radius 2 is 2.00 bits per heavy atom. The van der Waals surface area contributed by atoms with Gasteiger partial charge in [-0.05, 0) is 25.7 Å². The Kier molecular flexibility index (Phi) is 1.99. The van der Waals surface area contributed by atoms with E-state index < -0.39 is 15.5 Å². The third-order valence-corrected chi connectivity index (χ3v) is 3.53. The van der Waals surface area contributed by atoms with E-state index in [1.54, 1.807) is 0 Å². The van der Waals surface area contributed by atoms with E-state index in [0.717, 1.165) is 19.3 Å². The van der Waals surface area contributed by atoms with Crippen LogP contribution >= 0.6 is 0 Å². The van der Waals surface area contributed by atoms with Crippen LogP contribution in [0.25, 0.3) is 0 Å². The minimum Gasteiger partial charge on any atom is -0.195 e. The molecule has 0 aromatic carbocycles. The average molecular weight is 166 g/mol. The van der Waals surface area contributed by atoms with Gasteiger partial charge in [-0.2, -0.15) is 8.42 Å². The van der Waals surface area contributed by atoms with Crippen LogP contribution in [0.5, 0.6) is 0 Å². The third-order valence-electron chi connectivity index (χ3n) is 2.26. The van der Waals surface area contributed by atoms with Gasteiger partial charge in [0.1, 0.15) is 0 Å². The normalized spacial score (nSPS) is 23.8. The first-order valence-electron chi connectivity index (χ1n) is 3.45. The van der Waals surface area contributed by atoms with E-state index in [1.807, 2.05) is 0 Å². The summed E-state index contributed by atoms with van der Waals surface area (Å²) < 4.78 is 32.8. The van der Waals surface area contributed by atoms with Crippen molar-refractivity contribution in [3.8, 4) is 0 Å². The first-order chi connectivity index (χ1) is 4.52. The third kappa shape index (κ3) is 1.48. The molecule has 1 atom stereocenters. The molecule has 0 amide bonds. The molecule has 0 saturated heterocycles. The Hall–Kier alpha value is -0.120. The summed E-state index contributed by atoms with van der Waals surface area (Å²) in [6, 6.07) is 0. The van der Waals surface area contributed by atoms with Crippen molar-refractivity contribution in [2.45, 2.75) is 31.4 Å². The van der Waals surface area contributed by atoms with Crippen molar-refractivity contribution in [3.05, 3.63) is 0 Å². The fourth-order valence-corrected chi connectivity index (χ4v) is 1.87. The highest BCUT2D eigenvalue weighted by atomic mass is 32.3. The maximum absolute atomic E-state index is 12.2. The number of hydrogen-bond donors (Lipinski definition) is 0. The molecule has 0 heterocycles. The summed E-state index contributed by atoms with van der Waals surface area (Å²) in [4.78, 5) is 0. The Labute approximate surface area is 60.6 Å². The number of rotatable bonds is 2. The maximum atomic E-state index is 12.2. The first-order valence-corrected chi connectivity index (χ1v) is 4.90. The molecular formula is C6H11FO2S. The summed E-state index contributed by atoms with van der Waals surface area (Å²) in [5.41, 5.74) is 0. The van der Waals surface area contributed by atoms with Gasteiger partial charge in [0.25, 0.3) is 0 Å². The van der Waals surface area contributed by atoms with Gasteiger partial charge in [0.15, 0.2) is 0 Å². The highest BCUT2D eigenvalue weighted by Gasteiger charge is 2.32. The van der Waals surface area contributed by atoms with Gasteiger partial charge in [0.2, 0.25) is 0 Å². The van der Waals surface area contributed by atoms with Gasteiger partial charge in [-0.3, -0.25) is 0 Å². The molecule has 1 unspecified atom stereocenters. The highest BCUT2D eigenvalue weighted by molar-refractivity contribution is 7.87. The molecule has 1 aliphatic carbocycles. The molecule has 10 heavy (non-hydrogen) atoms. The van der Waals surface area contributed by atoms with Gasteiger partial charge in [-0.25, -0.2) is 0 Å². The largest absolute Gasteiger partial charge is 0.305 e. The summed E-state index contributed by atoms with van der Waals surface area (Å²) in [6.45, 7) is 1.44. The van der Waals surface area contributed by atoms with Gasteiger partial charge >= 0.3 is 10.2 Å². The smallest absolute Gasteiger partial charge is 0.195 e. The zero-order valence-corrected chi connectivity index (χ0v) is 6.70. The van der Waals surface area contributed by atoms with Crippen LogP contribution in [0.2, 0.25) is 0 Å². The predicted molar refractivity (Wildman–Crippen MR) is 36.8 cm³/mol. The molecular weight excluding hydrogens is 155 g/mol. The van der Waals surface area contributed by atoms with Crippen molar-refractivity contribution in [1.82, 2.24) is 0 Å². The Bertz CT molecular complexity index is 206. The van der Waals surface area contributed by atoms with Crippen LogP contribution in [-0.2, 0) is 10.2 Å². The maximum Gasteiger partial charge on any atom is 0.305 e. The summed E-state index contributed by atoms with van der Waals surface area (Å²) >= 11 is 0. The van der Waals surface area contributed by atoms with Crippen LogP contribution in [0, 0.1) is 5.92 Å². The van der Waals surface area contributed by atoms with E-state index >= 15 is 0 Å². The number of halogens is 1. The van der Waals surface area contributed by atoms with Gasteiger partial charge < -0.3 is 0 Å². The summed E-state index contributed by atoms with van der Waals surface area (Å²) in [5.74, 6) is 0.0787. The quantitative estimate of drug-likeness (QED) is 0.582. The summed E-state index contributed by atoms with van der Waals surface area (Å²) in [7, 11) is -4.26. The lowest BCUT2D eigenvalue weighted by molar-refractivity contribution is 0.302. The van der Waals surface area contributed by atoms with Crippen molar-refractivity contribution < 1.29 is 12.3 Å². The molecule has 1 saturated carbocycles. The van der Waals surface area contributed by atoms with E-state index in [1.165, 1.54) is 6.92 Å². The lowest BCUT2D eigenvalue weighted by Crippen LogP contribution is -2.29. The van der Waals surface area contributed by atoms with Gasteiger partial charge in [-0.1, -0.05) is 6.42 Å². The monoisotopic (exact) mass is 166 g/mol. The molecule has 0 aliphatic heterocycles. The van der Waals surface area contributed by atoms with Crippen LogP contribution < -0.4 is 0 Å². The van der Waals surface area contributed by atoms with Crippen molar-refractivity contribution in [3.63, 3.8) is 0 Å². The molecule has 2 nitrogen and oxygen atoms in total. The van der Waals surface area contributed by atoms with Gasteiger partial charge in [0, 0.05) is 0 Å². The molecule has 0 N–H and O–H groups in total. The second-order valence-electron chi connectivity index (χ2n) is 2.87. The Morgan fingerprint density at radius 1 is 1.50 bits per heavy atom. The van der Waals surface area contributed by atoms with Crippen LogP contribution in [0.1, 0.15) is 26.2 Å². The lowest BCUT2D eigenvalue weighted by atomic mass is 9.83. The van der Waals surface area contributed by atoms with Crippen molar-refractivity contribution in [2.75, 3.05) is 0 Å². The molecule has 60 valence electrons. The zero-order valence-electron chi connectivity index (χ0n) is 5.88. The second-order valence-corrected chi connectivity index (χ2v) is 4.57. The average Bonchev–Trinajstić information content (AvgIpc) is 1.57. The zero-order chi connectivity index (χ0) is 7.78. The lowest BCUT2D eigenvalue weighted by Gasteiger charge is -2.28. The molecule has 0 radical (unpaired) electrons. The van der Waals surface area contributed by atoms with Crippen LogP contribution in [0.15, 0.2) is 0 Å². The van der Waals surface area contributed by atoms with Crippen molar-refractivity contribution in [1.29, 1.82) is 0 Å². The second kappa shape index (κ2) is 2.49. The van der Waals surface area contributed by atoms with Gasteiger partial charge in [-0.15, -0.1) is 3.89 Å². The van der Waals surface area contributed by atoms with E-state index in [9.17, 15) is 12.3 Å². The predicted octanol–water partition coefficient (Wildman–Crippen LogP) is 1.47. The fourth-order valence-electron chi connectivity index (χ4n) is 1.14. The Balaban J connectivity index is 2.56. The molecule has 0 spiro atoms. The molecule has 1 rings (SSSR count). The van der Waals surface area contributed by atoms with Crippen LogP contribution in [-0.4, -0.2) is 13.7 Å². The SMILES string of the molecule is CC(C1CCC1)S(=O)(=O)F. The molecule has 4 heteroatoms. The van der Waals surface area contributed by atoms with Crippen molar-refractivity contribution in [2.24, 2.45) is 5.92 Å². The summed E-state index contributed by atoms with van der Waals surface area (Å²) in [6.07, 6.45) is 2.78. The molecule has 0 aromatic heterocycles. The molecule has 1 fully saturated rings. The standard InChI is InChI=1S/C6H11FO2S/c1-5(10(7,8)9)6-3-2-4-6/h5-6H,2-4H2,1H3. The van der Waals surface area contributed by atoms with Crippen molar-refractivity contribution >= 4 is 10.2 Å². The minimum absolute atomic E-state index is 0.0787. The van der Waals surface area contributed by atoms with Gasteiger partial charge in [0.05, 0.1) is 5.25 Å². The summed E-state index contributed by atoms with van der Waals surface area (Å²) in [5, 5.41) is -0.777. The highest BCUT2D eigenvalue weighted by Crippen LogP contribution is 2.33. The first kappa shape index (κ1) is 7.98. The number of hydrogen-bond acceptors (Lipinski definition) is 2. The van der Waals surface area contributed by atoms with Crippen LogP contribution in [0.4, 0.5) is 3.89 Å². The fraction of sp³-hybridized carbons (Fsp3) is 1.00. The molecule has 0 bridgehead atoms. The van der Waals surface area contributed by atoms with E-state index in [2.05, 4.69) is 0 Å². The van der Waals surface area contributed by atoms with Crippen LogP contribution in [0.3, 0.4) is 0 Å². The Morgan fingerprint density at radius 3 is 2.10 bits per heavy atom. The topological polar surface area (TPSA) is 34.1 Å².